The van der Waals surface area contributed by atoms with Crippen molar-refractivity contribution in [3.05, 3.63) is 45.4 Å². The molecule has 0 atom stereocenters. The van der Waals surface area contributed by atoms with Crippen molar-refractivity contribution < 1.29 is 14.3 Å². The lowest BCUT2D eigenvalue weighted by Crippen LogP contribution is -2.59. The predicted octanol–water partition coefficient (Wildman–Crippen LogP) is 1.73. The van der Waals surface area contributed by atoms with Gasteiger partial charge in [0.2, 0.25) is 5.43 Å². The number of pyridine rings is 2. The van der Waals surface area contributed by atoms with E-state index in [0.29, 0.717) is 31.2 Å². The van der Waals surface area contributed by atoms with Crippen LogP contribution < -0.4 is 15.6 Å². The fourth-order valence-electron chi connectivity index (χ4n) is 3.53. The first-order valence-corrected chi connectivity index (χ1v) is 10.7. The molecule has 0 bridgehead atoms. The average Bonchev–Trinajstić information content (AvgIpc) is 3.22. The normalized spacial score (nSPS) is 14.3. The van der Waals surface area contributed by atoms with E-state index in [9.17, 15) is 14.0 Å². The maximum Gasteiger partial charge on any atom is 0.201 e. The Labute approximate surface area is 176 Å². The van der Waals surface area contributed by atoms with Crippen LogP contribution in [0.15, 0.2) is 28.6 Å². The van der Waals surface area contributed by atoms with Crippen molar-refractivity contribution in [2.24, 2.45) is 0 Å². The Balaban J connectivity index is 1.81. The number of aliphatic hydroxyl groups is 1. The molecule has 1 saturated heterocycles. The third-order valence-electron chi connectivity index (χ3n) is 5.04. The molecule has 10 heteroatoms. The first-order valence-electron chi connectivity index (χ1n) is 9.81. The number of carbonyl (C=O) groups is 1. The van der Waals surface area contributed by atoms with Gasteiger partial charge in [-0.2, -0.15) is 0 Å². The van der Waals surface area contributed by atoms with Crippen LogP contribution in [0.2, 0.25) is 0 Å². The number of halogens is 1. The van der Waals surface area contributed by atoms with Gasteiger partial charge in [-0.25, -0.2) is 14.4 Å². The summed E-state index contributed by atoms with van der Waals surface area (Å²) in [5.41, 5.74) is -0.225. The highest BCUT2D eigenvalue weighted by molar-refractivity contribution is 7.12. The number of carbonyl (C=O) groups excluding carboxylic acids is 1. The third kappa shape index (κ3) is 3.73. The van der Waals surface area contributed by atoms with Crippen molar-refractivity contribution in [1.29, 1.82) is 0 Å². The van der Waals surface area contributed by atoms with Crippen LogP contribution in [-0.4, -0.2) is 57.7 Å². The van der Waals surface area contributed by atoms with Crippen molar-refractivity contribution in [3.63, 3.8) is 0 Å². The molecular weight excluding hydrogens is 409 g/mol. The molecule has 0 aromatic carbocycles. The second kappa shape index (κ2) is 8.58. The Hall–Kier alpha value is -2.69. The summed E-state index contributed by atoms with van der Waals surface area (Å²) in [4.78, 5) is 36.0. The molecule has 0 saturated carbocycles. The van der Waals surface area contributed by atoms with Crippen molar-refractivity contribution in [2.45, 2.75) is 25.8 Å². The molecule has 0 spiro atoms. The molecule has 0 amide bonds. The molecule has 4 heterocycles. The van der Waals surface area contributed by atoms with Crippen LogP contribution in [-0.2, 0) is 0 Å². The lowest BCUT2D eigenvalue weighted by atomic mass is 10.1. The van der Waals surface area contributed by atoms with E-state index in [1.807, 2.05) is 6.92 Å². The number of ketones is 1. The molecule has 1 fully saturated rings. The summed E-state index contributed by atoms with van der Waals surface area (Å²) in [6.07, 6.45) is 3.94. The lowest BCUT2D eigenvalue weighted by Gasteiger charge is -2.40. The minimum atomic E-state index is -0.606. The van der Waals surface area contributed by atoms with E-state index in [1.165, 1.54) is 23.6 Å². The van der Waals surface area contributed by atoms with Gasteiger partial charge in [-0.05, 0) is 12.5 Å². The Morgan fingerprint density at radius 1 is 1.43 bits per heavy atom. The number of Topliss-reactive ketones (excluding diaryl/α,β-unsaturated/α-hetero) is 1. The van der Waals surface area contributed by atoms with E-state index in [4.69, 9.17) is 5.11 Å². The van der Waals surface area contributed by atoms with Crippen LogP contribution in [0.5, 0.6) is 0 Å². The SMILES string of the molecule is CCCC(=O)c1cn(-c2nccs2)c2nc(N3CC(NCCO)C3)c(F)cc2c1=O. The second-order valence-corrected chi connectivity index (χ2v) is 8.05. The van der Waals surface area contributed by atoms with Gasteiger partial charge in [-0.3, -0.25) is 14.2 Å². The highest BCUT2D eigenvalue weighted by atomic mass is 32.1. The molecule has 0 aliphatic carbocycles. The van der Waals surface area contributed by atoms with Gasteiger partial charge in [0.1, 0.15) is 0 Å². The monoisotopic (exact) mass is 431 g/mol. The number of nitrogens with zero attached hydrogens (tertiary/aromatic N) is 4. The van der Waals surface area contributed by atoms with Crippen LogP contribution in [0.1, 0.15) is 30.1 Å². The first kappa shape index (κ1) is 20.6. The van der Waals surface area contributed by atoms with Crippen molar-refractivity contribution >= 4 is 34.0 Å². The first-order chi connectivity index (χ1) is 14.5. The molecule has 8 nitrogen and oxygen atoms in total. The summed E-state index contributed by atoms with van der Waals surface area (Å²) in [5, 5.41) is 14.5. The largest absolute Gasteiger partial charge is 0.395 e. The number of aliphatic hydroxyl groups excluding tert-OH is 1. The zero-order chi connectivity index (χ0) is 21.3. The lowest BCUT2D eigenvalue weighted by molar-refractivity contribution is 0.0980. The maximum atomic E-state index is 14.9. The molecule has 0 radical (unpaired) electrons. The predicted molar refractivity (Wildman–Crippen MR) is 113 cm³/mol. The minimum Gasteiger partial charge on any atom is -0.395 e. The Bertz CT molecular complexity index is 1130. The van der Waals surface area contributed by atoms with Gasteiger partial charge in [0.25, 0.3) is 0 Å². The van der Waals surface area contributed by atoms with Crippen LogP contribution in [0.25, 0.3) is 16.2 Å². The molecule has 158 valence electrons. The standard InChI is InChI=1S/C20H22FN5O3S/c1-2-3-16(28)14-11-26(20-23-5-7-30-20)18-13(17(14)29)8-15(21)19(24-18)25-9-12(10-25)22-4-6-27/h5,7-8,11-12,22,27H,2-4,6,9-10H2,1H3. The van der Waals surface area contributed by atoms with E-state index >= 15 is 0 Å². The molecule has 1 aliphatic heterocycles. The van der Waals surface area contributed by atoms with Gasteiger partial charge in [-0.15, -0.1) is 11.3 Å². The number of hydrogen-bond donors (Lipinski definition) is 2. The van der Waals surface area contributed by atoms with E-state index in [0.717, 1.165) is 0 Å². The van der Waals surface area contributed by atoms with Gasteiger partial charge in [-0.1, -0.05) is 6.92 Å². The topological polar surface area (TPSA) is 100 Å². The maximum absolute atomic E-state index is 14.9. The van der Waals surface area contributed by atoms with Crippen molar-refractivity contribution in [2.75, 3.05) is 31.1 Å². The highest BCUT2D eigenvalue weighted by Gasteiger charge is 2.30. The number of anilines is 1. The molecule has 30 heavy (non-hydrogen) atoms. The van der Waals surface area contributed by atoms with E-state index in [-0.39, 0.29) is 47.3 Å². The van der Waals surface area contributed by atoms with Crippen LogP contribution in [0.3, 0.4) is 0 Å². The molecule has 3 aromatic heterocycles. The van der Waals surface area contributed by atoms with Crippen LogP contribution in [0, 0.1) is 5.82 Å². The fraction of sp³-hybridized carbons (Fsp3) is 0.400. The summed E-state index contributed by atoms with van der Waals surface area (Å²) in [7, 11) is 0. The number of thiazole rings is 1. The second-order valence-electron chi connectivity index (χ2n) is 7.17. The minimum absolute atomic E-state index is 0.0192. The molecule has 3 aromatic rings. The van der Waals surface area contributed by atoms with Gasteiger partial charge < -0.3 is 15.3 Å². The summed E-state index contributed by atoms with van der Waals surface area (Å²) in [6, 6.07) is 1.31. The van der Waals surface area contributed by atoms with E-state index in [2.05, 4.69) is 15.3 Å². The molecular formula is C20H22FN5O3S. The molecule has 0 unspecified atom stereocenters. The van der Waals surface area contributed by atoms with Crippen molar-refractivity contribution in [1.82, 2.24) is 19.9 Å². The number of hydrogen-bond acceptors (Lipinski definition) is 8. The summed E-state index contributed by atoms with van der Waals surface area (Å²) < 4.78 is 16.5. The zero-order valence-electron chi connectivity index (χ0n) is 16.5. The number of aromatic nitrogens is 3. The van der Waals surface area contributed by atoms with E-state index < -0.39 is 11.2 Å². The van der Waals surface area contributed by atoms with Gasteiger partial charge in [0.05, 0.1) is 17.6 Å². The quantitative estimate of drug-likeness (QED) is 0.524. The van der Waals surface area contributed by atoms with Gasteiger partial charge in [0.15, 0.2) is 28.2 Å². The molecule has 4 rings (SSSR count). The zero-order valence-corrected chi connectivity index (χ0v) is 17.3. The van der Waals surface area contributed by atoms with E-state index in [1.54, 1.807) is 21.0 Å². The van der Waals surface area contributed by atoms with Crippen LogP contribution >= 0.6 is 11.3 Å². The number of fused-ring (bicyclic) bond motifs is 1. The van der Waals surface area contributed by atoms with Crippen LogP contribution in [0.4, 0.5) is 10.2 Å². The molecule has 1 aliphatic rings. The summed E-state index contributed by atoms with van der Waals surface area (Å²) in [5.74, 6) is -0.729. The molecule has 2 N–H and O–H groups in total. The smallest absolute Gasteiger partial charge is 0.201 e. The Morgan fingerprint density at radius 3 is 2.90 bits per heavy atom. The highest BCUT2D eigenvalue weighted by Crippen LogP contribution is 2.27. The summed E-state index contributed by atoms with van der Waals surface area (Å²) in [6.45, 7) is 3.47. The number of rotatable bonds is 8. The fourth-order valence-corrected chi connectivity index (χ4v) is 4.14. The third-order valence-corrected chi connectivity index (χ3v) is 5.81. The average molecular weight is 431 g/mol. The summed E-state index contributed by atoms with van der Waals surface area (Å²) >= 11 is 1.34. The Morgan fingerprint density at radius 2 is 2.23 bits per heavy atom. The van der Waals surface area contributed by atoms with Crippen molar-refractivity contribution in [3.8, 4) is 5.13 Å². The Kier molecular flexibility index (Phi) is 5.89. The number of nitrogens with one attached hydrogen (secondary N) is 1. The van der Waals surface area contributed by atoms with Gasteiger partial charge in [0, 0.05) is 49.9 Å². The van der Waals surface area contributed by atoms with Gasteiger partial charge >= 0.3 is 0 Å².